The molecule has 0 radical (unpaired) electrons. The van der Waals surface area contributed by atoms with Crippen molar-refractivity contribution < 1.29 is 0 Å². The zero-order valence-corrected chi connectivity index (χ0v) is 12.5. The topological polar surface area (TPSA) is 18.5 Å². The Morgan fingerprint density at radius 1 is 1.21 bits per heavy atom. The normalized spacial score (nSPS) is 19.8. The molecule has 1 N–H and O–H groups in total. The average molecular weight is 261 g/mol. The van der Waals surface area contributed by atoms with E-state index in [4.69, 9.17) is 0 Å². The minimum Gasteiger partial charge on any atom is -0.372 e. The first-order valence-electron chi connectivity index (χ1n) is 7.48. The van der Waals surface area contributed by atoms with Crippen LogP contribution in [0.2, 0.25) is 0 Å². The highest BCUT2D eigenvalue weighted by atomic mass is 15.2. The fourth-order valence-corrected chi connectivity index (χ4v) is 2.78. The summed E-state index contributed by atoms with van der Waals surface area (Å²) in [7, 11) is 2.19. The van der Waals surface area contributed by atoms with Gasteiger partial charge in [0.2, 0.25) is 0 Å². The minimum atomic E-state index is 0.660. The number of anilines is 1. The van der Waals surface area contributed by atoms with Gasteiger partial charge in [0.1, 0.15) is 0 Å². The molecule has 3 heteroatoms. The highest BCUT2D eigenvalue weighted by Gasteiger charge is 2.18. The number of hydrogen-bond acceptors (Lipinski definition) is 3. The molecular formula is C16H27N3. The summed E-state index contributed by atoms with van der Waals surface area (Å²) in [6.45, 7) is 9.93. The summed E-state index contributed by atoms with van der Waals surface area (Å²) in [5, 5.41) is 3.65. The van der Waals surface area contributed by atoms with Gasteiger partial charge in [-0.1, -0.05) is 12.1 Å². The van der Waals surface area contributed by atoms with Crippen LogP contribution in [0.4, 0.5) is 5.69 Å². The second-order valence-corrected chi connectivity index (χ2v) is 5.47. The van der Waals surface area contributed by atoms with Crippen LogP contribution in [0.1, 0.15) is 25.8 Å². The molecule has 0 amide bonds. The summed E-state index contributed by atoms with van der Waals surface area (Å²) < 4.78 is 0. The number of nitrogens with zero attached hydrogens (tertiary/aromatic N) is 2. The summed E-state index contributed by atoms with van der Waals surface area (Å²) in [5.74, 6) is 0. The van der Waals surface area contributed by atoms with Crippen LogP contribution in [-0.2, 0) is 6.54 Å². The monoisotopic (exact) mass is 261 g/mol. The van der Waals surface area contributed by atoms with Gasteiger partial charge in [0.25, 0.3) is 0 Å². The number of likely N-dealkylation sites (N-methyl/N-ethyl adjacent to an activating group) is 1. The summed E-state index contributed by atoms with van der Waals surface area (Å²) in [6, 6.07) is 9.64. The molecule has 0 bridgehead atoms. The molecule has 0 saturated carbocycles. The lowest BCUT2D eigenvalue weighted by Crippen LogP contribution is -2.30. The van der Waals surface area contributed by atoms with Gasteiger partial charge >= 0.3 is 0 Å². The van der Waals surface area contributed by atoms with Crippen molar-refractivity contribution >= 4 is 5.69 Å². The number of benzene rings is 1. The van der Waals surface area contributed by atoms with Crippen molar-refractivity contribution in [3.05, 3.63) is 29.8 Å². The van der Waals surface area contributed by atoms with E-state index in [1.807, 2.05) is 0 Å². The van der Waals surface area contributed by atoms with Crippen LogP contribution in [0.15, 0.2) is 24.3 Å². The largest absolute Gasteiger partial charge is 0.372 e. The summed E-state index contributed by atoms with van der Waals surface area (Å²) >= 11 is 0. The molecule has 1 unspecified atom stereocenters. The first kappa shape index (κ1) is 14.4. The highest BCUT2D eigenvalue weighted by molar-refractivity contribution is 5.47. The second kappa shape index (κ2) is 6.92. The van der Waals surface area contributed by atoms with Gasteiger partial charge in [0.05, 0.1) is 0 Å². The van der Waals surface area contributed by atoms with Crippen LogP contribution < -0.4 is 10.2 Å². The van der Waals surface area contributed by atoms with Gasteiger partial charge in [-0.2, -0.15) is 0 Å². The molecule has 1 saturated heterocycles. The van der Waals surface area contributed by atoms with E-state index in [2.05, 4.69) is 60.3 Å². The predicted molar refractivity (Wildman–Crippen MR) is 82.7 cm³/mol. The molecule has 1 aliphatic heterocycles. The maximum atomic E-state index is 3.65. The van der Waals surface area contributed by atoms with E-state index < -0.39 is 0 Å². The van der Waals surface area contributed by atoms with Gasteiger partial charge < -0.3 is 15.1 Å². The Bertz CT molecular complexity index is 370. The van der Waals surface area contributed by atoms with E-state index >= 15 is 0 Å². The molecule has 2 rings (SSSR count). The molecule has 106 valence electrons. The summed E-state index contributed by atoms with van der Waals surface area (Å²) in [4.78, 5) is 4.77. The predicted octanol–water partition coefficient (Wildman–Crippen LogP) is 2.33. The fourth-order valence-electron chi connectivity index (χ4n) is 2.78. The molecule has 3 nitrogen and oxygen atoms in total. The quantitative estimate of drug-likeness (QED) is 0.848. The van der Waals surface area contributed by atoms with Gasteiger partial charge in [-0.3, -0.25) is 0 Å². The third-order valence-corrected chi connectivity index (χ3v) is 4.05. The van der Waals surface area contributed by atoms with E-state index in [0.29, 0.717) is 6.04 Å². The maximum absolute atomic E-state index is 3.65. The van der Waals surface area contributed by atoms with E-state index in [1.165, 1.54) is 30.8 Å². The zero-order chi connectivity index (χ0) is 13.7. The molecule has 19 heavy (non-hydrogen) atoms. The van der Waals surface area contributed by atoms with Crippen molar-refractivity contribution in [2.75, 3.05) is 38.1 Å². The van der Waals surface area contributed by atoms with Crippen LogP contribution in [0, 0.1) is 0 Å². The standard InChI is InChI=1S/C16H27N3/c1-4-19(5-2)16-8-6-14(7-9-16)12-17-15-10-11-18(3)13-15/h6-9,15,17H,4-5,10-13H2,1-3H3. The maximum Gasteiger partial charge on any atom is 0.0366 e. The van der Waals surface area contributed by atoms with E-state index in [0.717, 1.165) is 19.6 Å². The molecular weight excluding hydrogens is 234 g/mol. The van der Waals surface area contributed by atoms with Gasteiger partial charge in [-0.15, -0.1) is 0 Å². The molecule has 1 aromatic carbocycles. The molecule has 0 aliphatic carbocycles. The molecule has 1 atom stereocenters. The fraction of sp³-hybridized carbons (Fsp3) is 0.625. The van der Waals surface area contributed by atoms with E-state index in [9.17, 15) is 0 Å². The van der Waals surface area contributed by atoms with Crippen molar-refractivity contribution in [3.8, 4) is 0 Å². The number of hydrogen-bond donors (Lipinski definition) is 1. The van der Waals surface area contributed by atoms with Gasteiger partial charge in [-0.25, -0.2) is 0 Å². The first-order chi connectivity index (χ1) is 9.22. The van der Waals surface area contributed by atoms with Crippen molar-refractivity contribution in [3.63, 3.8) is 0 Å². The van der Waals surface area contributed by atoms with Crippen LogP contribution >= 0.6 is 0 Å². The van der Waals surface area contributed by atoms with Crippen molar-refractivity contribution in [1.82, 2.24) is 10.2 Å². The van der Waals surface area contributed by atoms with E-state index in [1.54, 1.807) is 0 Å². The molecule has 1 aromatic rings. The summed E-state index contributed by atoms with van der Waals surface area (Å²) in [6.07, 6.45) is 1.27. The van der Waals surface area contributed by atoms with Crippen LogP contribution in [0.25, 0.3) is 0 Å². The Balaban J connectivity index is 1.84. The smallest absolute Gasteiger partial charge is 0.0366 e. The lowest BCUT2D eigenvalue weighted by molar-refractivity contribution is 0.397. The Labute approximate surface area is 117 Å². The SMILES string of the molecule is CCN(CC)c1ccc(CNC2CCN(C)C2)cc1. The first-order valence-corrected chi connectivity index (χ1v) is 7.48. The lowest BCUT2D eigenvalue weighted by atomic mass is 10.1. The van der Waals surface area contributed by atoms with Gasteiger partial charge in [0, 0.05) is 37.9 Å². The van der Waals surface area contributed by atoms with Crippen molar-refractivity contribution in [2.24, 2.45) is 0 Å². The van der Waals surface area contributed by atoms with E-state index in [-0.39, 0.29) is 0 Å². The van der Waals surface area contributed by atoms with Crippen LogP contribution in [0.3, 0.4) is 0 Å². The molecule has 0 spiro atoms. The number of likely N-dealkylation sites (tertiary alicyclic amines) is 1. The Morgan fingerprint density at radius 2 is 1.89 bits per heavy atom. The highest BCUT2D eigenvalue weighted by Crippen LogP contribution is 2.15. The number of nitrogens with one attached hydrogen (secondary N) is 1. The third kappa shape index (κ3) is 3.95. The van der Waals surface area contributed by atoms with Crippen molar-refractivity contribution in [2.45, 2.75) is 32.9 Å². The minimum absolute atomic E-state index is 0.660. The molecule has 1 fully saturated rings. The molecule has 0 aromatic heterocycles. The van der Waals surface area contributed by atoms with Gasteiger partial charge in [-0.05, 0) is 51.6 Å². The summed E-state index contributed by atoms with van der Waals surface area (Å²) in [5.41, 5.74) is 2.71. The lowest BCUT2D eigenvalue weighted by Gasteiger charge is -2.21. The second-order valence-electron chi connectivity index (χ2n) is 5.47. The third-order valence-electron chi connectivity index (χ3n) is 4.05. The molecule has 1 aliphatic rings. The van der Waals surface area contributed by atoms with Crippen LogP contribution in [-0.4, -0.2) is 44.2 Å². The Morgan fingerprint density at radius 3 is 2.42 bits per heavy atom. The average Bonchev–Trinajstić information content (AvgIpc) is 2.85. The van der Waals surface area contributed by atoms with Gasteiger partial charge in [0.15, 0.2) is 0 Å². The Kier molecular flexibility index (Phi) is 5.23. The number of rotatable bonds is 6. The van der Waals surface area contributed by atoms with Crippen molar-refractivity contribution in [1.29, 1.82) is 0 Å². The Hall–Kier alpha value is -1.06. The molecule has 1 heterocycles. The van der Waals surface area contributed by atoms with Crippen LogP contribution in [0.5, 0.6) is 0 Å². The zero-order valence-electron chi connectivity index (χ0n) is 12.5.